The predicted octanol–water partition coefficient (Wildman–Crippen LogP) is 3.05. The number of ether oxygens (including phenoxy) is 1. The van der Waals surface area contributed by atoms with Gasteiger partial charge in [-0.3, -0.25) is 4.79 Å². The van der Waals surface area contributed by atoms with E-state index in [1.165, 1.54) is 4.31 Å². The summed E-state index contributed by atoms with van der Waals surface area (Å²) < 4.78 is 34.2. The van der Waals surface area contributed by atoms with Crippen molar-refractivity contribution in [2.45, 2.75) is 30.7 Å². The molecular weight excluding hydrogens is 448 g/mol. The smallest absolute Gasteiger partial charge is 0.268 e. The van der Waals surface area contributed by atoms with Crippen LogP contribution in [-0.2, 0) is 17.1 Å². The van der Waals surface area contributed by atoms with Gasteiger partial charge in [-0.25, -0.2) is 13.4 Å². The highest BCUT2D eigenvalue weighted by Gasteiger charge is 2.30. The van der Waals surface area contributed by atoms with Crippen LogP contribution in [0.1, 0.15) is 28.3 Å². The minimum Gasteiger partial charge on any atom is -0.497 e. The third-order valence-electron chi connectivity index (χ3n) is 5.64. The standard InChI is InChI=1S/C22H26N4O4S2/c1-15-23-20(14-31-15)16-12-21(25(2)13-16)22(27)24-17-8-10-26(11-9-17)32(28,29)19-6-4-18(30-3)5-7-19/h4-7,12-14,17H,8-11H2,1-3H3,(H,24,27). The van der Waals surface area contributed by atoms with E-state index in [9.17, 15) is 13.2 Å². The average molecular weight is 475 g/mol. The summed E-state index contributed by atoms with van der Waals surface area (Å²) in [5.74, 6) is 0.446. The fourth-order valence-corrected chi connectivity index (χ4v) is 5.91. The number of nitrogens with one attached hydrogen (secondary N) is 1. The molecule has 0 aliphatic carbocycles. The van der Waals surface area contributed by atoms with Gasteiger partial charge in [-0.05, 0) is 50.1 Å². The average Bonchev–Trinajstić information content (AvgIpc) is 3.39. The molecule has 1 aliphatic rings. The molecule has 2 aromatic heterocycles. The summed E-state index contributed by atoms with van der Waals surface area (Å²) in [7, 11) is -0.193. The number of carbonyl (C=O) groups excluding carboxylic acids is 1. The van der Waals surface area contributed by atoms with Crippen LogP contribution >= 0.6 is 11.3 Å². The van der Waals surface area contributed by atoms with Crippen molar-refractivity contribution in [3.05, 3.63) is 52.6 Å². The van der Waals surface area contributed by atoms with Gasteiger partial charge in [0.1, 0.15) is 11.4 Å². The number of methoxy groups -OCH3 is 1. The van der Waals surface area contributed by atoms with Crippen molar-refractivity contribution in [2.75, 3.05) is 20.2 Å². The number of sulfonamides is 1. The third-order valence-corrected chi connectivity index (χ3v) is 8.33. The lowest BCUT2D eigenvalue weighted by atomic mass is 10.1. The number of hydrogen-bond donors (Lipinski definition) is 1. The predicted molar refractivity (Wildman–Crippen MR) is 123 cm³/mol. The van der Waals surface area contributed by atoms with Gasteiger partial charge in [0.15, 0.2) is 0 Å². The second-order valence-corrected chi connectivity index (χ2v) is 10.8. The monoisotopic (exact) mass is 474 g/mol. The highest BCUT2D eigenvalue weighted by Crippen LogP contribution is 2.25. The first-order chi connectivity index (χ1) is 15.3. The van der Waals surface area contributed by atoms with Gasteiger partial charge in [-0.15, -0.1) is 11.3 Å². The molecule has 8 nitrogen and oxygen atoms in total. The van der Waals surface area contributed by atoms with E-state index in [1.807, 2.05) is 31.6 Å². The number of hydrogen-bond acceptors (Lipinski definition) is 6. The van der Waals surface area contributed by atoms with Crippen molar-refractivity contribution in [3.63, 3.8) is 0 Å². The first-order valence-corrected chi connectivity index (χ1v) is 12.6. The maximum absolute atomic E-state index is 12.9. The number of carbonyl (C=O) groups is 1. The fourth-order valence-electron chi connectivity index (χ4n) is 3.82. The molecule has 1 aromatic carbocycles. The van der Waals surface area contributed by atoms with Crippen LogP contribution in [0.25, 0.3) is 11.3 Å². The number of thiazole rings is 1. The van der Waals surface area contributed by atoms with Crippen molar-refractivity contribution in [2.24, 2.45) is 7.05 Å². The molecule has 1 aliphatic heterocycles. The molecule has 0 bridgehead atoms. The van der Waals surface area contributed by atoms with Crippen molar-refractivity contribution >= 4 is 27.3 Å². The van der Waals surface area contributed by atoms with Gasteiger partial charge in [0.05, 0.1) is 22.7 Å². The van der Waals surface area contributed by atoms with Crippen LogP contribution in [0.2, 0.25) is 0 Å². The molecule has 170 valence electrons. The molecule has 0 spiro atoms. The number of aryl methyl sites for hydroxylation is 2. The summed E-state index contributed by atoms with van der Waals surface area (Å²) in [5, 5.41) is 6.01. The summed E-state index contributed by atoms with van der Waals surface area (Å²) in [6, 6.07) is 8.15. The number of nitrogens with zero attached hydrogens (tertiary/aromatic N) is 3. The quantitative estimate of drug-likeness (QED) is 0.593. The van der Waals surface area contributed by atoms with Crippen LogP contribution in [0, 0.1) is 6.92 Å². The molecule has 3 heterocycles. The highest BCUT2D eigenvalue weighted by atomic mass is 32.2. The van der Waals surface area contributed by atoms with Crippen LogP contribution in [0.3, 0.4) is 0 Å². The Morgan fingerprint density at radius 3 is 2.50 bits per heavy atom. The van der Waals surface area contributed by atoms with E-state index in [0.717, 1.165) is 16.3 Å². The number of rotatable bonds is 6. The lowest BCUT2D eigenvalue weighted by Gasteiger charge is -2.31. The van der Waals surface area contributed by atoms with E-state index in [-0.39, 0.29) is 16.8 Å². The molecule has 0 radical (unpaired) electrons. The van der Waals surface area contributed by atoms with Crippen molar-refractivity contribution in [1.29, 1.82) is 0 Å². The third kappa shape index (κ3) is 4.57. The molecular formula is C22H26N4O4S2. The van der Waals surface area contributed by atoms with Gasteiger partial charge in [0.2, 0.25) is 10.0 Å². The Morgan fingerprint density at radius 2 is 1.91 bits per heavy atom. The van der Waals surface area contributed by atoms with E-state index >= 15 is 0 Å². The zero-order valence-corrected chi connectivity index (χ0v) is 19.9. The van der Waals surface area contributed by atoms with Gasteiger partial charge in [-0.2, -0.15) is 4.31 Å². The first kappa shape index (κ1) is 22.5. The topological polar surface area (TPSA) is 93.5 Å². The van der Waals surface area contributed by atoms with E-state index in [0.29, 0.717) is 37.4 Å². The summed E-state index contributed by atoms with van der Waals surface area (Å²) in [4.78, 5) is 17.6. The maximum atomic E-state index is 12.9. The van der Waals surface area contributed by atoms with E-state index in [2.05, 4.69) is 10.3 Å². The Hall–Kier alpha value is -2.69. The minimum absolute atomic E-state index is 0.0790. The number of aromatic nitrogens is 2. The second kappa shape index (κ2) is 9.05. The van der Waals surface area contributed by atoms with Crippen LogP contribution in [0.5, 0.6) is 5.75 Å². The number of piperidine rings is 1. The van der Waals surface area contributed by atoms with Crippen LogP contribution in [0.4, 0.5) is 0 Å². The molecule has 3 aromatic rings. The molecule has 1 amide bonds. The summed E-state index contributed by atoms with van der Waals surface area (Å²) in [6.45, 7) is 2.66. The summed E-state index contributed by atoms with van der Waals surface area (Å²) in [5.41, 5.74) is 2.32. The van der Waals surface area contributed by atoms with Gasteiger partial charge >= 0.3 is 0 Å². The van der Waals surface area contributed by atoms with Crippen LogP contribution < -0.4 is 10.1 Å². The van der Waals surface area contributed by atoms with Gasteiger partial charge < -0.3 is 14.6 Å². The Morgan fingerprint density at radius 1 is 1.22 bits per heavy atom. The molecule has 10 heteroatoms. The minimum atomic E-state index is -3.57. The molecule has 1 N–H and O–H groups in total. The van der Waals surface area contributed by atoms with Crippen molar-refractivity contribution in [3.8, 4) is 17.0 Å². The lowest BCUT2D eigenvalue weighted by Crippen LogP contribution is -2.46. The normalized spacial score (nSPS) is 15.6. The Labute approximate surface area is 191 Å². The first-order valence-electron chi connectivity index (χ1n) is 10.3. The Kier molecular flexibility index (Phi) is 6.36. The molecule has 0 saturated carbocycles. The molecule has 0 atom stereocenters. The number of benzene rings is 1. The Balaban J connectivity index is 1.37. The maximum Gasteiger partial charge on any atom is 0.268 e. The second-order valence-electron chi connectivity index (χ2n) is 7.80. The van der Waals surface area contributed by atoms with E-state index < -0.39 is 10.0 Å². The fraction of sp³-hybridized carbons (Fsp3) is 0.364. The lowest BCUT2D eigenvalue weighted by molar-refractivity contribution is 0.0915. The zero-order valence-electron chi connectivity index (χ0n) is 18.2. The molecule has 4 rings (SSSR count). The molecule has 32 heavy (non-hydrogen) atoms. The van der Waals surface area contributed by atoms with Crippen LogP contribution in [0.15, 0.2) is 46.8 Å². The van der Waals surface area contributed by atoms with Gasteiger partial charge in [0.25, 0.3) is 5.91 Å². The summed E-state index contributed by atoms with van der Waals surface area (Å²) in [6.07, 6.45) is 3.01. The van der Waals surface area contributed by atoms with Gasteiger partial charge in [-0.1, -0.05) is 0 Å². The van der Waals surface area contributed by atoms with E-state index in [4.69, 9.17) is 4.74 Å². The molecule has 1 saturated heterocycles. The van der Waals surface area contributed by atoms with Gasteiger partial charge in [0, 0.05) is 43.3 Å². The molecule has 1 fully saturated rings. The number of amides is 1. The largest absolute Gasteiger partial charge is 0.497 e. The zero-order chi connectivity index (χ0) is 22.9. The Bertz CT molecular complexity index is 1210. The van der Waals surface area contributed by atoms with Crippen LogP contribution in [-0.4, -0.2) is 54.4 Å². The molecule has 0 unspecified atom stereocenters. The van der Waals surface area contributed by atoms with Crippen molar-refractivity contribution in [1.82, 2.24) is 19.2 Å². The SMILES string of the molecule is COc1ccc(S(=O)(=O)N2CCC(NC(=O)c3cc(-c4csc(C)n4)cn3C)CC2)cc1. The summed E-state index contributed by atoms with van der Waals surface area (Å²) >= 11 is 1.57. The van der Waals surface area contributed by atoms with Crippen molar-refractivity contribution < 1.29 is 17.9 Å². The van der Waals surface area contributed by atoms with E-state index in [1.54, 1.807) is 47.3 Å². The highest BCUT2D eigenvalue weighted by molar-refractivity contribution is 7.89.